The first kappa shape index (κ1) is 18.5. The maximum atomic E-state index is 10.4. The molecule has 0 aliphatic carbocycles. The summed E-state index contributed by atoms with van der Waals surface area (Å²) in [6, 6.07) is 0. The molecule has 1 N–H and O–H groups in total. The van der Waals surface area contributed by atoms with Crippen molar-refractivity contribution in [1.29, 1.82) is 0 Å². The molecular weight excluding hydrogens is 284 g/mol. The van der Waals surface area contributed by atoms with Gasteiger partial charge in [0.2, 0.25) is 0 Å². The second-order valence-electron chi connectivity index (χ2n) is 7.34. The molecule has 0 saturated carbocycles. The van der Waals surface area contributed by atoms with Crippen LogP contribution in [0.15, 0.2) is 0 Å². The van der Waals surface area contributed by atoms with Crippen molar-refractivity contribution in [3.8, 4) is 0 Å². The van der Waals surface area contributed by atoms with Crippen molar-refractivity contribution in [2.45, 2.75) is 79.9 Å². The maximum absolute atomic E-state index is 10.4. The zero-order valence-electron chi connectivity index (χ0n) is 14.4. The Morgan fingerprint density at radius 2 is 1.90 bits per heavy atom. The van der Waals surface area contributed by atoms with Gasteiger partial charge >= 0.3 is 0 Å². The highest BCUT2D eigenvalue weighted by Crippen LogP contribution is 2.28. The van der Waals surface area contributed by atoms with Crippen LogP contribution < -0.4 is 0 Å². The second-order valence-corrected chi connectivity index (χ2v) is 7.72. The van der Waals surface area contributed by atoms with Gasteiger partial charge in [-0.25, -0.2) is 0 Å². The van der Waals surface area contributed by atoms with E-state index in [1.165, 1.54) is 0 Å². The van der Waals surface area contributed by atoms with Crippen molar-refractivity contribution >= 4 is 11.6 Å². The Hall–Kier alpha value is -0.540. The number of hydrogen-bond acceptors (Lipinski definition) is 2. The molecule has 0 spiro atoms. The SMILES string of the molecule is CCc1nn(CC)c(CC(O)CC(C)CC(C)(C)C)c1Cl. The molecule has 3 nitrogen and oxygen atoms in total. The van der Waals surface area contributed by atoms with E-state index in [2.05, 4.69) is 46.6 Å². The third kappa shape index (κ3) is 5.63. The predicted molar refractivity (Wildman–Crippen MR) is 89.9 cm³/mol. The molecule has 4 heteroatoms. The van der Waals surface area contributed by atoms with E-state index >= 15 is 0 Å². The average Bonchev–Trinajstić information content (AvgIpc) is 2.63. The van der Waals surface area contributed by atoms with Crippen LogP contribution in [0.5, 0.6) is 0 Å². The van der Waals surface area contributed by atoms with Crippen LogP contribution in [0.1, 0.15) is 65.8 Å². The van der Waals surface area contributed by atoms with Gasteiger partial charge in [0.25, 0.3) is 0 Å². The van der Waals surface area contributed by atoms with Crippen LogP contribution in [0.2, 0.25) is 5.02 Å². The van der Waals surface area contributed by atoms with Crippen molar-refractivity contribution in [3.05, 3.63) is 16.4 Å². The number of hydrogen-bond donors (Lipinski definition) is 1. The number of aromatic nitrogens is 2. The molecule has 0 aromatic carbocycles. The summed E-state index contributed by atoms with van der Waals surface area (Å²) in [5.41, 5.74) is 2.21. The minimum Gasteiger partial charge on any atom is -0.393 e. The third-order valence-electron chi connectivity index (χ3n) is 3.76. The predicted octanol–water partition coefficient (Wildman–Crippen LogP) is 4.48. The van der Waals surface area contributed by atoms with Gasteiger partial charge in [0.05, 0.1) is 22.5 Å². The number of aliphatic hydroxyl groups is 1. The van der Waals surface area contributed by atoms with E-state index in [0.29, 0.717) is 17.8 Å². The van der Waals surface area contributed by atoms with Gasteiger partial charge in [-0.05, 0) is 37.5 Å². The highest BCUT2D eigenvalue weighted by atomic mass is 35.5. The van der Waals surface area contributed by atoms with Crippen LogP contribution in [0.25, 0.3) is 0 Å². The lowest BCUT2D eigenvalue weighted by molar-refractivity contribution is 0.130. The first-order chi connectivity index (χ1) is 9.67. The maximum Gasteiger partial charge on any atom is 0.0850 e. The molecule has 0 aliphatic rings. The summed E-state index contributed by atoms with van der Waals surface area (Å²) in [5, 5.41) is 15.6. The van der Waals surface area contributed by atoms with Gasteiger partial charge in [-0.3, -0.25) is 4.68 Å². The standard InChI is InChI=1S/C17H31ClN2O/c1-7-14-16(18)15(20(8-2)19-14)10-13(21)9-12(3)11-17(4,5)6/h12-13,21H,7-11H2,1-6H3. The number of halogens is 1. The Morgan fingerprint density at radius 1 is 1.29 bits per heavy atom. The Labute approximate surface area is 134 Å². The van der Waals surface area contributed by atoms with E-state index in [1.54, 1.807) is 0 Å². The number of rotatable bonds is 7. The molecule has 0 amide bonds. The number of aryl methyl sites for hydroxylation is 2. The molecule has 122 valence electrons. The van der Waals surface area contributed by atoms with Gasteiger partial charge < -0.3 is 5.11 Å². The van der Waals surface area contributed by atoms with Crippen LogP contribution in [0.3, 0.4) is 0 Å². The van der Waals surface area contributed by atoms with Crippen molar-refractivity contribution in [2.24, 2.45) is 11.3 Å². The lowest BCUT2D eigenvalue weighted by Crippen LogP contribution is -2.20. The van der Waals surface area contributed by atoms with Gasteiger partial charge in [0.15, 0.2) is 0 Å². The molecule has 0 saturated heterocycles. The van der Waals surface area contributed by atoms with Crippen LogP contribution >= 0.6 is 11.6 Å². The summed E-state index contributed by atoms with van der Waals surface area (Å²) in [7, 11) is 0. The van der Waals surface area contributed by atoms with E-state index in [-0.39, 0.29) is 6.10 Å². The Bertz CT molecular complexity index is 448. The van der Waals surface area contributed by atoms with Gasteiger partial charge in [-0.15, -0.1) is 0 Å². The summed E-state index contributed by atoms with van der Waals surface area (Å²) < 4.78 is 1.93. The molecule has 0 radical (unpaired) electrons. The van der Waals surface area contributed by atoms with Crippen molar-refractivity contribution in [2.75, 3.05) is 0 Å². The van der Waals surface area contributed by atoms with Gasteiger partial charge in [0, 0.05) is 13.0 Å². The second kappa shape index (κ2) is 7.64. The van der Waals surface area contributed by atoms with Crippen LogP contribution in [-0.2, 0) is 19.4 Å². The summed E-state index contributed by atoms with van der Waals surface area (Å²) in [6.45, 7) is 13.8. The number of aliphatic hydroxyl groups excluding tert-OH is 1. The molecule has 1 aromatic heterocycles. The fourth-order valence-electron chi connectivity index (χ4n) is 3.11. The first-order valence-electron chi connectivity index (χ1n) is 8.10. The highest BCUT2D eigenvalue weighted by molar-refractivity contribution is 6.31. The lowest BCUT2D eigenvalue weighted by Gasteiger charge is -2.25. The molecule has 0 aliphatic heterocycles. The topological polar surface area (TPSA) is 38.0 Å². The molecule has 1 aromatic rings. The van der Waals surface area contributed by atoms with E-state index in [1.807, 2.05) is 4.68 Å². The zero-order valence-corrected chi connectivity index (χ0v) is 15.2. The first-order valence-corrected chi connectivity index (χ1v) is 8.47. The average molecular weight is 315 g/mol. The highest BCUT2D eigenvalue weighted by Gasteiger charge is 2.21. The van der Waals surface area contributed by atoms with Gasteiger partial charge in [-0.1, -0.05) is 46.2 Å². The zero-order chi connectivity index (χ0) is 16.2. The molecule has 1 rings (SSSR count). The Kier molecular flexibility index (Phi) is 6.73. The summed E-state index contributed by atoms with van der Waals surface area (Å²) in [6.07, 6.45) is 2.99. The molecule has 0 bridgehead atoms. The summed E-state index contributed by atoms with van der Waals surface area (Å²) in [4.78, 5) is 0. The largest absolute Gasteiger partial charge is 0.393 e. The van der Waals surface area contributed by atoms with E-state index in [0.717, 1.165) is 42.2 Å². The Balaban J connectivity index is 2.70. The molecule has 21 heavy (non-hydrogen) atoms. The van der Waals surface area contributed by atoms with Crippen molar-refractivity contribution < 1.29 is 5.11 Å². The molecule has 0 fully saturated rings. The number of nitrogens with zero attached hydrogens (tertiary/aromatic N) is 2. The third-order valence-corrected chi connectivity index (χ3v) is 4.19. The Morgan fingerprint density at radius 3 is 2.38 bits per heavy atom. The summed E-state index contributed by atoms with van der Waals surface area (Å²) in [5.74, 6) is 0.502. The van der Waals surface area contributed by atoms with Crippen molar-refractivity contribution in [1.82, 2.24) is 9.78 Å². The van der Waals surface area contributed by atoms with Gasteiger partial charge in [0.1, 0.15) is 0 Å². The van der Waals surface area contributed by atoms with Crippen LogP contribution in [0, 0.1) is 11.3 Å². The van der Waals surface area contributed by atoms with E-state index in [4.69, 9.17) is 11.6 Å². The smallest absolute Gasteiger partial charge is 0.0850 e. The minimum absolute atomic E-state index is 0.303. The quantitative estimate of drug-likeness (QED) is 0.805. The fourth-order valence-corrected chi connectivity index (χ4v) is 3.46. The molecular formula is C17H31ClN2O. The monoisotopic (exact) mass is 314 g/mol. The summed E-state index contributed by atoms with van der Waals surface area (Å²) >= 11 is 6.40. The molecule has 2 atom stereocenters. The van der Waals surface area contributed by atoms with Crippen LogP contribution in [0.4, 0.5) is 0 Å². The van der Waals surface area contributed by atoms with Crippen LogP contribution in [-0.4, -0.2) is 21.0 Å². The molecule has 1 heterocycles. The van der Waals surface area contributed by atoms with E-state index in [9.17, 15) is 5.11 Å². The fraction of sp³-hybridized carbons (Fsp3) is 0.824. The van der Waals surface area contributed by atoms with Crippen molar-refractivity contribution in [3.63, 3.8) is 0 Å². The lowest BCUT2D eigenvalue weighted by atomic mass is 9.83. The molecule has 2 unspecified atom stereocenters. The van der Waals surface area contributed by atoms with Gasteiger partial charge in [-0.2, -0.15) is 5.10 Å². The minimum atomic E-state index is -0.355. The normalized spacial score (nSPS) is 15.2. The van der Waals surface area contributed by atoms with E-state index < -0.39 is 0 Å².